The van der Waals surface area contributed by atoms with E-state index >= 15 is 0 Å². The molecule has 61 heavy (non-hydrogen) atoms. The Morgan fingerprint density at radius 2 is 0.934 bits per heavy atom. The predicted molar refractivity (Wildman–Crippen MR) is 260 cm³/mol. The van der Waals surface area contributed by atoms with E-state index in [0.717, 1.165) is 58.6 Å². The third kappa shape index (κ3) is 13.1. The molecule has 0 aliphatic heterocycles. The molecule has 6 rings (SSSR count). The summed E-state index contributed by atoms with van der Waals surface area (Å²) < 4.78 is 8.13. The lowest BCUT2D eigenvalue weighted by Crippen LogP contribution is -2.36. The van der Waals surface area contributed by atoms with Crippen LogP contribution in [0, 0.1) is 0 Å². The molecule has 0 saturated carbocycles. The predicted octanol–water partition coefficient (Wildman–Crippen LogP) is 10.6. The van der Waals surface area contributed by atoms with Crippen LogP contribution in [0.1, 0.15) is 36.8 Å². The van der Waals surface area contributed by atoms with Crippen molar-refractivity contribution in [2.24, 2.45) is 10.2 Å². The zero-order chi connectivity index (χ0) is 43.1. The Morgan fingerprint density at radius 1 is 0.557 bits per heavy atom. The molecule has 0 bridgehead atoms. The Morgan fingerprint density at radius 3 is 1.34 bits per heavy atom. The molecule has 316 valence electrons. The van der Waals surface area contributed by atoms with Crippen molar-refractivity contribution in [3.05, 3.63) is 138 Å². The number of benzene rings is 6. The average molecular weight is 1080 g/mol. The summed E-state index contributed by atoms with van der Waals surface area (Å²) in [4.78, 5) is 30.5. The summed E-state index contributed by atoms with van der Waals surface area (Å²) in [5.74, 6) is -0.323. The number of ether oxygens (including phenoxy) is 1. The van der Waals surface area contributed by atoms with E-state index in [1.54, 1.807) is 24.3 Å². The number of carbonyl (C=O) groups is 2. The maximum absolute atomic E-state index is 13.2. The smallest absolute Gasteiger partial charge is 0.259 e. The van der Waals surface area contributed by atoms with Gasteiger partial charge < -0.3 is 24.7 Å². The number of hydrazone groups is 2. The first-order valence-corrected chi connectivity index (χ1v) is 22.8. The van der Waals surface area contributed by atoms with E-state index in [9.17, 15) is 19.8 Å². The zero-order valence-electron chi connectivity index (χ0n) is 33.0. The fourth-order valence-corrected chi connectivity index (χ4v) is 9.19. The quantitative estimate of drug-likeness (QED) is 0.0339. The number of nitrogens with zero attached hydrogens (tertiary/aromatic N) is 4. The molecule has 0 radical (unpaired) electrons. The van der Waals surface area contributed by atoms with Gasteiger partial charge in [-0.05, 0) is 148 Å². The fourth-order valence-electron chi connectivity index (χ4n) is 6.75. The summed E-state index contributed by atoms with van der Waals surface area (Å²) in [5.41, 5.74) is 8.64. The number of nitrogens with one attached hydrogen (secondary N) is 2. The molecule has 0 saturated heterocycles. The molecular weight excluding hydrogens is 1040 g/mol. The Balaban J connectivity index is 0.993. The number of phenolic OH excluding ortho intramolecular Hbond substituents is 2. The molecule has 0 heterocycles. The van der Waals surface area contributed by atoms with Crippen LogP contribution in [0.15, 0.2) is 137 Å². The van der Waals surface area contributed by atoms with Gasteiger partial charge in [-0.25, -0.2) is 10.9 Å². The highest BCUT2D eigenvalue weighted by Gasteiger charge is 2.16. The topological polar surface area (TPSA) is 139 Å². The van der Waals surface area contributed by atoms with Gasteiger partial charge in [-0.15, -0.1) is 0 Å². The minimum atomic E-state index is -0.254. The number of aromatic hydroxyl groups is 2. The summed E-state index contributed by atoms with van der Waals surface area (Å²) in [7, 11) is 0. The van der Waals surface area contributed by atoms with Crippen molar-refractivity contribution in [1.82, 2.24) is 10.9 Å². The number of fused-ring (bicyclic) bond motifs is 2. The number of unbranched alkanes of at least 4 members (excludes halogenated alkanes) is 2. The molecule has 6 aromatic carbocycles. The second-order valence-corrected chi connectivity index (χ2v) is 17.5. The first-order chi connectivity index (χ1) is 29.6. The van der Waals surface area contributed by atoms with E-state index in [2.05, 4.69) is 131 Å². The number of hydrogen-bond acceptors (Lipinski definition) is 9. The van der Waals surface area contributed by atoms with Gasteiger partial charge in [0.2, 0.25) is 0 Å². The third-order valence-electron chi connectivity index (χ3n) is 9.70. The van der Waals surface area contributed by atoms with Gasteiger partial charge in [0, 0.05) is 48.5 Å². The number of anilines is 2. The van der Waals surface area contributed by atoms with Gasteiger partial charge in [0.15, 0.2) is 0 Å². The van der Waals surface area contributed by atoms with Gasteiger partial charge in [-0.3, -0.25) is 9.59 Å². The van der Waals surface area contributed by atoms with Crippen molar-refractivity contribution >= 4 is 121 Å². The van der Waals surface area contributed by atoms with E-state index in [1.165, 1.54) is 12.4 Å². The highest BCUT2D eigenvalue weighted by Crippen LogP contribution is 2.34. The Bertz CT molecular complexity index is 2310. The minimum Gasteiger partial charge on any atom is -0.506 e. The van der Waals surface area contributed by atoms with Gasteiger partial charge in [-0.1, -0.05) is 72.8 Å². The molecule has 4 N–H and O–H groups in total. The van der Waals surface area contributed by atoms with E-state index in [0.29, 0.717) is 55.3 Å². The molecule has 0 aliphatic rings. The zero-order valence-corrected chi connectivity index (χ0v) is 39.4. The first kappa shape index (κ1) is 45.7. The lowest BCUT2D eigenvalue weighted by molar-refractivity contribution is -0.120. The lowest BCUT2D eigenvalue weighted by atomic mass is 10.1. The van der Waals surface area contributed by atoms with E-state index in [4.69, 9.17) is 4.74 Å². The van der Waals surface area contributed by atoms with Gasteiger partial charge in [0.25, 0.3) is 11.8 Å². The third-order valence-corrected chi connectivity index (χ3v) is 12.1. The SMILES string of the molecule is O=C(CN(CCCCOCCCCN(CC(=O)N/N=C/c1cc(Br)c(O)c(Br)c1)c1cccc2ccccc12)c1cccc2ccccc12)N/N=C/c1cc(Br)c(O)c(Br)c1. The highest BCUT2D eigenvalue weighted by molar-refractivity contribution is 9.11. The largest absolute Gasteiger partial charge is 0.506 e. The lowest BCUT2D eigenvalue weighted by Gasteiger charge is -2.26. The van der Waals surface area contributed by atoms with Crippen molar-refractivity contribution in [1.29, 1.82) is 0 Å². The Hall–Kier alpha value is -4.80. The van der Waals surface area contributed by atoms with E-state index < -0.39 is 0 Å². The maximum atomic E-state index is 13.2. The van der Waals surface area contributed by atoms with Crippen LogP contribution in [0.2, 0.25) is 0 Å². The van der Waals surface area contributed by atoms with E-state index in [1.807, 2.05) is 48.5 Å². The first-order valence-electron chi connectivity index (χ1n) is 19.6. The van der Waals surface area contributed by atoms with Crippen molar-refractivity contribution in [3.63, 3.8) is 0 Å². The minimum absolute atomic E-state index is 0.0921. The van der Waals surface area contributed by atoms with Gasteiger partial charge in [-0.2, -0.15) is 10.2 Å². The second-order valence-electron chi connectivity index (χ2n) is 14.1. The summed E-state index contributed by atoms with van der Waals surface area (Å²) in [6.07, 6.45) is 6.30. The number of halogens is 4. The Labute approximate surface area is 388 Å². The summed E-state index contributed by atoms with van der Waals surface area (Å²) >= 11 is 13.3. The van der Waals surface area contributed by atoms with Crippen molar-refractivity contribution in [2.75, 3.05) is 49.2 Å². The van der Waals surface area contributed by atoms with Crippen molar-refractivity contribution < 1.29 is 24.5 Å². The summed E-state index contributed by atoms with van der Waals surface area (Å²) in [6.45, 7) is 2.67. The van der Waals surface area contributed by atoms with Gasteiger partial charge >= 0.3 is 0 Å². The molecule has 15 heteroatoms. The van der Waals surface area contributed by atoms with Crippen LogP contribution < -0.4 is 20.7 Å². The highest BCUT2D eigenvalue weighted by atomic mass is 79.9. The molecule has 0 aliphatic carbocycles. The molecule has 6 aromatic rings. The van der Waals surface area contributed by atoms with Crippen LogP contribution in [-0.4, -0.2) is 73.8 Å². The van der Waals surface area contributed by atoms with Crippen LogP contribution in [0.3, 0.4) is 0 Å². The number of carbonyl (C=O) groups excluding carboxylic acids is 2. The molecule has 0 atom stereocenters. The summed E-state index contributed by atoms with van der Waals surface area (Å²) in [6, 6.07) is 35.3. The number of rotatable bonds is 20. The molecular formula is C46H44Br4N6O5. The monoisotopic (exact) mass is 1080 g/mol. The van der Waals surface area contributed by atoms with Crippen LogP contribution in [0.25, 0.3) is 21.5 Å². The van der Waals surface area contributed by atoms with Crippen molar-refractivity contribution in [2.45, 2.75) is 25.7 Å². The van der Waals surface area contributed by atoms with Gasteiger partial charge in [0.05, 0.1) is 43.4 Å². The molecule has 0 unspecified atom stereocenters. The van der Waals surface area contributed by atoms with Crippen LogP contribution in [0.4, 0.5) is 11.4 Å². The molecule has 0 fully saturated rings. The normalized spacial score (nSPS) is 11.5. The van der Waals surface area contributed by atoms with Gasteiger partial charge in [0.1, 0.15) is 11.5 Å². The van der Waals surface area contributed by atoms with Crippen LogP contribution in [-0.2, 0) is 14.3 Å². The standard InChI is InChI=1S/C46H44Br4N6O5/c47-37-23-31(24-38(48)45(37)59)27-51-53-43(57)29-55(41-17-9-13-33-11-1-3-15-35(33)41)19-5-7-21-61-22-8-6-20-56(42-18-10-14-34-12-2-4-16-36(34)42)30-44(58)54-52-28-32-25-39(49)46(60)40(50)26-32/h1-4,9-18,23-28,59-60H,5-8,19-22,29-30H2,(H,53,57)(H,54,58)/b51-27+,52-28+. The fraction of sp³-hybridized carbons (Fsp3) is 0.217. The molecule has 0 aromatic heterocycles. The summed E-state index contributed by atoms with van der Waals surface area (Å²) in [5, 5.41) is 32.6. The number of phenols is 2. The molecule has 11 nitrogen and oxygen atoms in total. The second kappa shape index (κ2) is 22.9. The van der Waals surface area contributed by atoms with Crippen molar-refractivity contribution in [3.8, 4) is 11.5 Å². The molecule has 2 amide bonds. The number of amides is 2. The van der Waals surface area contributed by atoms with Crippen LogP contribution >= 0.6 is 63.7 Å². The Kier molecular flexibility index (Phi) is 17.1. The number of hydrogen-bond donors (Lipinski definition) is 4. The maximum Gasteiger partial charge on any atom is 0.259 e. The molecule has 0 spiro atoms. The average Bonchev–Trinajstić information content (AvgIpc) is 3.25. The van der Waals surface area contributed by atoms with E-state index in [-0.39, 0.29) is 36.4 Å². The van der Waals surface area contributed by atoms with Crippen LogP contribution in [0.5, 0.6) is 11.5 Å².